The fourth-order valence-corrected chi connectivity index (χ4v) is 1.06. The maximum Gasteiger partial charge on any atom is 0.249 e. The smallest absolute Gasteiger partial charge is 0.249 e. The minimum absolute atomic E-state index is 0.270. The molecule has 0 saturated heterocycles. The van der Waals surface area contributed by atoms with Crippen molar-refractivity contribution in [2.45, 2.75) is 6.42 Å². The lowest BCUT2D eigenvalue weighted by atomic mass is 10.4. The van der Waals surface area contributed by atoms with Crippen molar-refractivity contribution in [1.82, 2.24) is 15.7 Å². The fourth-order valence-electron chi connectivity index (χ4n) is 1.06. The number of amides is 2. The van der Waals surface area contributed by atoms with Crippen molar-refractivity contribution in [3.63, 3.8) is 0 Å². The van der Waals surface area contributed by atoms with Crippen LogP contribution in [0.15, 0.2) is 42.2 Å². The van der Waals surface area contributed by atoms with Crippen LogP contribution in [0.2, 0.25) is 0 Å². The molecule has 0 radical (unpaired) electrons. The van der Waals surface area contributed by atoms with Gasteiger partial charge in [0.05, 0.1) is 11.9 Å². The molecule has 1 aromatic heterocycles. The van der Waals surface area contributed by atoms with Crippen LogP contribution in [-0.2, 0) is 9.59 Å². The Morgan fingerprint density at radius 2 is 2.22 bits per heavy atom. The van der Waals surface area contributed by atoms with E-state index in [1.165, 1.54) is 12.3 Å². The Morgan fingerprint density at radius 3 is 2.89 bits per heavy atom. The number of pyridine rings is 1. The molecule has 0 aliphatic heterocycles. The van der Waals surface area contributed by atoms with Crippen LogP contribution in [0, 0.1) is 0 Å². The number of nitrogens with one attached hydrogen (secondary N) is 2. The van der Waals surface area contributed by atoms with Gasteiger partial charge in [0.2, 0.25) is 11.8 Å². The van der Waals surface area contributed by atoms with Crippen LogP contribution in [0.4, 0.5) is 0 Å². The predicted octanol–water partition coefficient (Wildman–Crippen LogP) is 0.224. The molecule has 2 N–H and O–H groups in total. The van der Waals surface area contributed by atoms with Crippen molar-refractivity contribution >= 4 is 18.0 Å². The van der Waals surface area contributed by atoms with Crippen LogP contribution in [0.3, 0.4) is 0 Å². The molecule has 0 aliphatic rings. The van der Waals surface area contributed by atoms with Crippen molar-refractivity contribution in [2.24, 2.45) is 5.10 Å². The number of hydrogen-bond acceptors (Lipinski definition) is 4. The Balaban J connectivity index is 2.31. The second-order valence-electron chi connectivity index (χ2n) is 3.32. The van der Waals surface area contributed by atoms with Crippen LogP contribution < -0.4 is 10.7 Å². The molecular weight excluding hydrogens is 232 g/mol. The largest absolute Gasteiger partial charge is 0.352 e. The van der Waals surface area contributed by atoms with E-state index in [9.17, 15) is 9.59 Å². The molecule has 0 aromatic carbocycles. The van der Waals surface area contributed by atoms with Gasteiger partial charge in [-0.1, -0.05) is 12.1 Å². The SMILES string of the molecule is C=CCNC(=O)CC(=O)N/N=C\c1ccccn1. The van der Waals surface area contributed by atoms with Crippen molar-refractivity contribution in [3.05, 3.63) is 42.7 Å². The van der Waals surface area contributed by atoms with Gasteiger partial charge < -0.3 is 5.32 Å². The molecule has 6 nitrogen and oxygen atoms in total. The maximum atomic E-state index is 11.3. The van der Waals surface area contributed by atoms with Crippen molar-refractivity contribution in [1.29, 1.82) is 0 Å². The summed E-state index contributed by atoms with van der Waals surface area (Å²) in [5.74, 6) is -0.857. The zero-order chi connectivity index (χ0) is 13.2. The Hall–Kier alpha value is -2.50. The first-order valence-corrected chi connectivity index (χ1v) is 5.33. The summed E-state index contributed by atoms with van der Waals surface area (Å²) in [6, 6.07) is 5.32. The predicted molar refractivity (Wildman–Crippen MR) is 67.8 cm³/mol. The zero-order valence-corrected chi connectivity index (χ0v) is 9.80. The highest BCUT2D eigenvalue weighted by Crippen LogP contribution is 1.88. The van der Waals surface area contributed by atoms with Crippen molar-refractivity contribution < 1.29 is 9.59 Å². The molecule has 0 spiro atoms. The van der Waals surface area contributed by atoms with E-state index in [4.69, 9.17) is 0 Å². The number of hydrogen-bond donors (Lipinski definition) is 2. The summed E-state index contributed by atoms with van der Waals surface area (Å²) in [7, 11) is 0. The molecule has 1 rings (SSSR count). The van der Waals surface area contributed by atoms with Crippen LogP contribution in [0.25, 0.3) is 0 Å². The Kier molecular flexibility index (Phi) is 5.82. The van der Waals surface area contributed by atoms with Crippen LogP contribution in [-0.4, -0.2) is 29.6 Å². The van der Waals surface area contributed by atoms with Gasteiger partial charge >= 0.3 is 0 Å². The van der Waals surface area contributed by atoms with E-state index >= 15 is 0 Å². The molecule has 2 amide bonds. The lowest BCUT2D eigenvalue weighted by Gasteiger charge is -2.00. The average Bonchev–Trinajstić information content (AvgIpc) is 2.37. The monoisotopic (exact) mass is 246 g/mol. The van der Waals surface area contributed by atoms with E-state index in [1.807, 2.05) is 0 Å². The van der Waals surface area contributed by atoms with Crippen molar-refractivity contribution in [3.8, 4) is 0 Å². The number of rotatable bonds is 6. The van der Waals surface area contributed by atoms with E-state index < -0.39 is 5.91 Å². The lowest BCUT2D eigenvalue weighted by molar-refractivity contribution is -0.129. The summed E-state index contributed by atoms with van der Waals surface area (Å²) >= 11 is 0. The summed E-state index contributed by atoms with van der Waals surface area (Å²) in [4.78, 5) is 26.4. The van der Waals surface area contributed by atoms with Gasteiger partial charge in [0.25, 0.3) is 0 Å². The Bertz CT molecular complexity index is 443. The highest BCUT2D eigenvalue weighted by molar-refractivity contribution is 5.97. The first-order valence-electron chi connectivity index (χ1n) is 5.33. The van der Waals surface area contributed by atoms with E-state index in [-0.39, 0.29) is 12.3 Å². The molecule has 0 aliphatic carbocycles. The van der Waals surface area contributed by atoms with Crippen LogP contribution in [0.1, 0.15) is 12.1 Å². The topological polar surface area (TPSA) is 83.5 Å². The molecule has 0 atom stereocenters. The van der Waals surface area contributed by atoms with Gasteiger partial charge in [0.15, 0.2) is 0 Å². The first kappa shape index (κ1) is 13.6. The summed E-state index contributed by atoms with van der Waals surface area (Å²) in [5, 5.41) is 6.18. The number of carbonyl (C=O) groups is 2. The molecule has 94 valence electrons. The normalized spacial score (nSPS) is 10.0. The molecule has 0 unspecified atom stereocenters. The standard InChI is InChI=1S/C12H14N4O2/c1-2-6-14-11(17)8-12(18)16-15-9-10-5-3-4-7-13-10/h2-5,7,9H,1,6,8H2,(H,14,17)(H,16,18)/b15-9-. The number of hydrazone groups is 1. The van der Waals surface area contributed by atoms with E-state index in [1.54, 1.807) is 24.4 Å². The summed E-state index contributed by atoms with van der Waals surface area (Å²) < 4.78 is 0. The third-order valence-electron chi connectivity index (χ3n) is 1.84. The quantitative estimate of drug-likeness (QED) is 0.326. The fraction of sp³-hybridized carbons (Fsp3) is 0.167. The highest BCUT2D eigenvalue weighted by atomic mass is 16.2. The molecule has 0 saturated carbocycles. The minimum atomic E-state index is -0.483. The molecule has 1 heterocycles. The minimum Gasteiger partial charge on any atom is -0.352 e. The second kappa shape index (κ2) is 7.72. The highest BCUT2D eigenvalue weighted by Gasteiger charge is 2.06. The van der Waals surface area contributed by atoms with Gasteiger partial charge in [-0.25, -0.2) is 5.43 Å². The Labute approximate surface area is 105 Å². The second-order valence-corrected chi connectivity index (χ2v) is 3.32. The molecule has 0 bridgehead atoms. The van der Waals surface area contributed by atoms with E-state index in [0.717, 1.165) is 0 Å². The summed E-state index contributed by atoms with van der Waals surface area (Å²) in [5.41, 5.74) is 2.86. The zero-order valence-electron chi connectivity index (χ0n) is 9.80. The van der Waals surface area contributed by atoms with Gasteiger partial charge in [-0.05, 0) is 12.1 Å². The van der Waals surface area contributed by atoms with Gasteiger partial charge in [0, 0.05) is 12.7 Å². The van der Waals surface area contributed by atoms with Gasteiger partial charge in [-0.3, -0.25) is 14.6 Å². The van der Waals surface area contributed by atoms with Crippen molar-refractivity contribution in [2.75, 3.05) is 6.54 Å². The van der Waals surface area contributed by atoms with Gasteiger partial charge in [-0.2, -0.15) is 5.10 Å². The molecule has 6 heteroatoms. The number of aromatic nitrogens is 1. The third-order valence-corrected chi connectivity index (χ3v) is 1.84. The Morgan fingerprint density at radius 1 is 1.39 bits per heavy atom. The van der Waals surface area contributed by atoms with E-state index in [2.05, 4.69) is 27.4 Å². The average molecular weight is 246 g/mol. The lowest BCUT2D eigenvalue weighted by Crippen LogP contribution is -2.29. The third kappa shape index (κ3) is 5.55. The number of nitrogens with zero attached hydrogens (tertiary/aromatic N) is 2. The van der Waals surface area contributed by atoms with E-state index in [0.29, 0.717) is 12.2 Å². The summed E-state index contributed by atoms with van der Waals surface area (Å²) in [6.07, 6.45) is 4.29. The molecule has 18 heavy (non-hydrogen) atoms. The first-order chi connectivity index (χ1) is 8.72. The maximum absolute atomic E-state index is 11.3. The number of carbonyl (C=O) groups excluding carboxylic acids is 2. The van der Waals surface area contributed by atoms with Crippen LogP contribution in [0.5, 0.6) is 0 Å². The molecular formula is C12H14N4O2. The molecule has 1 aromatic rings. The van der Waals surface area contributed by atoms with Gasteiger partial charge in [0.1, 0.15) is 6.42 Å². The van der Waals surface area contributed by atoms with Crippen LogP contribution >= 0.6 is 0 Å². The summed E-state index contributed by atoms with van der Waals surface area (Å²) in [6.45, 7) is 3.79. The molecule has 0 fully saturated rings. The van der Waals surface area contributed by atoms with Gasteiger partial charge in [-0.15, -0.1) is 6.58 Å².